The van der Waals surface area contributed by atoms with Crippen molar-refractivity contribution < 1.29 is 18.9 Å². The molecule has 0 spiro atoms. The highest BCUT2D eigenvalue weighted by Gasteiger charge is 2.27. The Morgan fingerprint density at radius 1 is 0.885 bits per heavy atom. The summed E-state index contributed by atoms with van der Waals surface area (Å²) in [6.07, 6.45) is 0. The molecule has 6 nitrogen and oxygen atoms in total. The maximum atomic E-state index is 5.80. The molecule has 0 N–H and O–H groups in total. The smallest absolute Gasteiger partial charge is 0.231 e. The highest BCUT2D eigenvalue weighted by Crippen LogP contribution is 2.41. The SMILES string of the molecule is CC(C)N1CN=C(c2ccc3c(c2)OCO3)c2cc3c(cc21)OCCO3. The fourth-order valence-electron chi connectivity index (χ4n) is 3.55. The molecule has 2 aromatic rings. The van der Waals surface area contributed by atoms with Gasteiger partial charge in [0.25, 0.3) is 0 Å². The monoisotopic (exact) mass is 352 g/mol. The van der Waals surface area contributed by atoms with E-state index in [-0.39, 0.29) is 6.79 Å². The van der Waals surface area contributed by atoms with Crippen LogP contribution in [0.5, 0.6) is 23.0 Å². The van der Waals surface area contributed by atoms with Crippen LogP contribution < -0.4 is 23.8 Å². The molecule has 0 amide bonds. The van der Waals surface area contributed by atoms with Crippen molar-refractivity contribution in [1.82, 2.24) is 0 Å². The van der Waals surface area contributed by atoms with Gasteiger partial charge in [0, 0.05) is 23.2 Å². The molecule has 0 saturated carbocycles. The molecule has 0 unspecified atom stereocenters. The Morgan fingerprint density at radius 3 is 2.42 bits per heavy atom. The molecule has 0 saturated heterocycles. The summed E-state index contributed by atoms with van der Waals surface area (Å²) in [5.41, 5.74) is 4.11. The molecule has 0 aliphatic carbocycles. The van der Waals surface area contributed by atoms with E-state index in [2.05, 4.69) is 24.8 Å². The molecule has 26 heavy (non-hydrogen) atoms. The van der Waals surface area contributed by atoms with Crippen LogP contribution in [0.1, 0.15) is 25.0 Å². The van der Waals surface area contributed by atoms with Gasteiger partial charge in [-0.1, -0.05) is 0 Å². The van der Waals surface area contributed by atoms with Gasteiger partial charge in [0.05, 0.1) is 11.4 Å². The highest BCUT2D eigenvalue weighted by atomic mass is 16.7. The molecule has 3 aliphatic heterocycles. The molecule has 3 aliphatic rings. The Hall–Kier alpha value is -2.89. The van der Waals surface area contributed by atoms with Gasteiger partial charge in [-0.15, -0.1) is 0 Å². The zero-order valence-electron chi connectivity index (χ0n) is 14.8. The van der Waals surface area contributed by atoms with Crippen LogP contribution in [0.2, 0.25) is 0 Å². The van der Waals surface area contributed by atoms with Crippen molar-refractivity contribution in [2.75, 3.05) is 31.6 Å². The average Bonchev–Trinajstić information content (AvgIpc) is 3.13. The number of hydrogen-bond acceptors (Lipinski definition) is 6. The van der Waals surface area contributed by atoms with Crippen molar-refractivity contribution in [2.24, 2.45) is 4.99 Å². The summed E-state index contributed by atoms with van der Waals surface area (Å²) >= 11 is 0. The summed E-state index contributed by atoms with van der Waals surface area (Å²) < 4.78 is 22.6. The van der Waals surface area contributed by atoms with Gasteiger partial charge < -0.3 is 23.8 Å². The number of aliphatic imine (C=N–C) groups is 1. The molecule has 0 atom stereocenters. The molecule has 0 bridgehead atoms. The van der Waals surface area contributed by atoms with E-state index in [1.54, 1.807) is 0 Å². The van der Waals surface area contributed by atoms with Crippen LogP contribution >= 0.6 is 0 Å². The van der Waals surface area contributed by atoms with Gasteiger partial charge in [-0.3, -0.25) is 4.99 Å². The Labute approximate surface area is 151 Å². The van der Waals surface area contributed by atoms with Crippen molar-refractivity contribution >= 4 is 11.4 Å². The number of rotatable bonds is 2. The molecule has 0 aromatic heterocycles. The number of hydrogen-bond donors (Lipinski definition) is 0. The zero-order chi connectivity index (χ0) is 17.7. The quantitative estimate of drug-likeness (QED) is 0.831. The van der Waals surface area contributed by atoms with Crippen LogP contribution in [0.3, 0.4) is 0 Å². The van der Waals surface area contributed by atoms with Gasteiger partial charge in [-0.2, -0.15) is 0 Å². The lowest BCUT2D eigenvalue weighted by Crippen LogP contribution is -2.36. The molecule has 134 valence electrons. The summed E-state index contributed by atoms with van der Waals surface area (Å²) in [5, 5.41) is 0. The summed E-state index contributed by atoms with van der Waals surface area (Å²) in [6.45, 7) is 6.35. The summed E-state index contributed by atoms with van der Waals surface area (Å²) in [5.74, 6) is 3.11. The van der Waals surface area contributed by atoms with Crippen molar-refractivity contribution in [3.63, 3.8) is 0 Å². The number of anilines is 1. The minimum atomic E-state index is 0.266. The van der Waals surface area contributed by atoms with Crippen molar-refractivity contribution in [3.8, 4) is 23.0 Å². The van der Waals surface area contributed by atoms with Gasteiger partial charge in [0.15, 0.2) is 23.0 Å². The van der Waals surface area contributed by atoms with E-state index in [0.29, 0.717) is 25.9 Å². The van der Waals surface area contributed by atoms with E-state index in [0.717, 1.165) is 45.5 Å². The van der Waals surface area contributed by atoms with Crippen LogP contribution in [0.25, 0.3) is 0 Å². The molecular weight excluding hydrogens is 332 g/mol. The van der Waals surface area contributed by atoms with Crippen LogP contribution in [0, 0.1) is 0 Å². The molecule has 5 rings (SSSR count). The first-order valence-corrected chi connectivity index (χ1v) is 8.86. The maximum absolute atomic E-state index is 5.80. The Bertz CT molecular complexity index is 907. The Balaban J connectivity index is 1.64. The van der Waals surface area contributed by atoms with Crippen LogP contribution in [-0.2, 0) is 0 Å². The lowest BCUT2D eigenvalue weighted by molar-refractivity contribution is 0.171. The fourth-order valence-corrected chi connectivity index (χ4v) is 3.55. The third-order valence-electron chi connectivity index (χ3n) is 4.88. The minimum absolute atomic E-state index is 0.266. The third kappa shape index (κ3) is 2.36. The Kier molecular flexibility index (Phi) is 3.45. The van der Waals surface area contributed by atoms with E-state index in [1.807, 2.05) is 24.3 Å². The van der Waals surface area contributed by atoms with E-state index in [1.165, 1.54) is 0 Å². The topological polar surface area (TPSA) is 52.5 Å². The van der Waals surface area contributed by atoms with Crippen LogP contribution in [0.4, 0.5) is 5.69 Å². The summed E-state index contributed by atoms with van der Waals surface area (Å²) in [6, 6.07) is 10.4. The predicted molar refractivity (Wildman–Crippen MR) is 98.1 cm³/mol. The first-order chi connectivity index (χ1) is 12.7. The highest BCUT2D eigenvalue weighted by molar-refractivity contribution is 6.17. The van der Waals surface area contributed by atoms with E-state index in [4.69, 9.17) is 23.9 Å². The number of ether oxygens (including phenoxy) is 4. The minimum Gasteiger partial charge on any atom is -0.486 e. The van der Waals surface area contributed by atoms with E-state index < -0.39 is 0 Å². The zero-order valence-corrected chi connectivity index (χ0v) is 14.8. The second kappa shape index (κ2) is 5.83. The largest absolute Gasteiger partial charge is 0.486 e. The lowest BCUT2D eigenvalue weighted by atomic mass is 9.97. The summed E-state index contributed by atoms with van der Waals surface area (Å²) in [4.78, 5) is 7.14. The molecule has 0 radical (unpaired) electrons. The standard InChI is InChI=1S/C20H20N2O4/c1-12(2)22-10-21-20(13-3-4-16-17(7-13)26-11-25-16)14-8-18-19(9-15(14)22)24-6-5-23-18/h3-4,7-9,12H,5-6,10-11H2,1-2H3. The lowest BCUT2D eigenvalue weighted by Gasteiger charge is -2.34. The number of benzene rings is 2. The molecule has 6 heteroatoms. The fraction of sp³-hybridized carbons (Fsp3) is 0.350. The van der Waals surface area contributed by atoms with E-state index >= 15 is 0 Å². The van der Waals surface area contributed by atoms with Crippen molar-refractivity contribution in [1.29, 1.82) is 0 Å². The second-order valence-electron chi connectivity index (χ2n) is 6.79. The molecular formula is C20H20N2O4. The molecule has 3 heterocycles. The van der Waals surface area contributed by atoms with Crippen molar-refractivity contribution in [3.05, 3.63) is 41.5 Å². The number of fused-ring (bicyclic) bond motifs is 3. The average molecular weight is 352 g/mol. The first-order valence-electron chi connectivity index (χ1n) is 8.86. The first kappa shape index (κ1) is 15.4. The van der Waals surface area contributed by atoms with Crippen LogP contribution in [0.15, 0.2) is 35.3 Å². The van der Waals surface area contributed by atoms with E-state index in [9.17, 15) is 0 Å². The van der Waals surface area contributed by atoms with Gasteiger partial charge >= 0.3 is 0 Å². The number of nitrogens with zero attached hydrogens (tertiary/aromatic N) is 2. The maximum Gasteiger partial charge on any atom is 0.231 e. The van der Waals surface area contributed by atoms with Gasteiger partial charge in [0.2, 0.25) is 6.79 Å². The second-order valence-corrected chi connectivity index (χ2v) is 6.79. The van der Waals surface area contributed by atoms with Gasteiger partial charge in [-0.05, 0) is 38.1 Å². The van der Waals surface area contributed by atoms with Crippen LogP contribution in [-0.4, -0.2) is 38.4 Å². The van der Waals surface area contributed by atoms with Gasteiger partial charge in [0.1, 0.15) is 19.9 Å². The normalized spacial score (nSPS) is 17.2. The molecule has 0 fully saturated rings. The Morgan fingerprint density at radius 2 is 1.62 bits per heavy atom. The predicted octanol–water partition coefficient (Wildman–Crippen LogP) is 3.21. The summed E-state index contributed by atoms with van der Waals surface area (Å²) in [7, 11) is 0. The molecule has 2 aromatic carbocycles. The van der Waals surface area contributed by atoms with Gasteiger partial charge in [-0.25, -0.2) is 0 Å². The van der Waals surface area contributed by atoms with Crippen molar-refractivity contribution in [2.45, 2.75) is 19.9 Å². The third-order valence-corrected chi connectivity index (χ3v) is 4.88.